The van der Waals surface area contributed by atoms with Gasteiger partial charge in [0.15, 0.2) is 0 Å². The van der Waals surface area contributed by atoms with Gasteiger partial charge in [-0.15, -0.1) is 11.3 Å². The van der Waals surface area contributed by atoms with E-state index < -0.39 is 0 Å². The molecule has 1 heterocycles. The minimum Gasteiger partial charge on any atom is -0.491 e. The molecular formula is C12H15NO2S. The Morgan fingerprint density at radius 3 is 3.06 bits per heavy atom. The molecule has 0 bridgehead atoms. The van der Waals surface area contributed by atoms with Crippen LogP contribution in [0.4, 0.5) is 0 Å². The molecule has 1 atom stereocenters. The predicted molar refractivity (Wildman–Crippen MR) is 66.1 cm³/mol. The van der Waals surface area contributed by atoms with Crippen LogP contribution in [-0.2, 0) is 0 Å². The molecule has 3 nitrogen and oxygen atoms in total. The highest BCUT2D eigenvalue weighted by Crippen LogP contribution is 2.25. The van der Waals surface area contributed by atoms with Crippen LogP contribution in [0.3, 0.4) is 0 Å². The van der Waals surface area contributed by atoms with Gasteiger partial charge in [0.05, 0.1) is 21.3 Å². The maximum absolute atomic E-state index is 9.40. The van der Waals surface area contributed by atoms with E-state index in [-0.39, 0.29) is 6.10 Å². The van der Waals surface area contributed by atoms with Gasteiger partial charge in [0.1, 0.15) is 12.4 Å². The third-order valence-electron chi connectivity index (χ3n) is 2.38. The SMILES string of the molecule is CCC(O)COc1ccc2nc(C)sc2c1. The Balaban J connectivity index is 2.13. The molecule has 0 radical (unpaired) electrons. The number of nitrogens with zero attached hydrogens (tertiary/aromatic N) is 1. The average molecular weight is 237 g/mol. The topological polar surface area (TPSA) is 42.4 Å². The average Bonchev–Trinajstić information content (AvgIpc) is 2.65. The number of thiazole rings is 1. The zero-order chi connectivity index (χ0) is 11.5. The molecule has 86 valence electrons. The van der Waals surface area contributed by atoms with Gasteiger partial charge in [-0.3, -0.25) is 0 Å². The van der Waals surface area contributed by atoms with Crippen LogP contribution >= 0.6 is 11.3 Å². The summed E-state index contributed by atoms with van der Waals surface area (Å²) in [6, 6.07) is 5.82. The summed E-state index contributed by atoms with van der Waals surface area (Å²) >= 11 is 1.65. The predicted octanol–water partition coefficient (Wildman–Crippen LogP) is 2.75. The van der Waals surface area contributed by atoms with Crippen molar-refractivity contribution in [1.82, 2.24) is 4.98 Å². The van der Waals surface area contributed by atoms with Crippen molar-refractivity contribution >= 4 is 21.6 Å². The van der Waals surface area contributed by atoms with Gasteiger partial charge in [-0.05, 0) is 31.5 Å². The summed E-state index contributed by atoms with van der Waals surface area (Å²) in [5.74, 6) is 0.795. The molecule has 0 aliphatic heterocycles. The molecule has 1 N–H and O–H groups in total. The maximum Gasteiger partial charge on any atom is 0.121 e. The zero-order valence-electron chi connectivity index (χ0n) is 9.43. The molecule has 16 heavy (non-hydrogen) atoms. The van der Waals surface area contributed by atoms with Gasteiger partial charge in [0.2, 0.25) is 0 Å². The molecule has 0 aliphatic rings. The summed E-state index contributed by atoms with van der Waals surface area (Å²) < 4.78 is 6.63. The van der Waals surface area contributed by atoms with Crippen LogP contribution in [-0.4, -0.2) is 22.8 Å². The molecule has 4 heteroatoms. The second-order valence-electron chi connectivity index (χ2n) is 3.74. The van der Waals surface area contributed by atoms with Gasteiger partial charge in [0.25, 0.3) is 0 Å². The fourth-order valence-electron chi connectivity index (χ4n) is 1.42. The third-order valence-corrected chi connectivity index (χ3v) is 3.31. The number of aromatic nitrogens is 1. The Kier molecular flexibility index (Phi) is 3.41. The number of rotatable bonds is 4. The van der Waals surface area contributed by atoms with Gasteiger partial charge in [0, 0.05) is 0 Å². The molecule has 0 saturated heterocycles. The normalized spacial score (nSPS) is 12.9. The van der Waals surface area contributed by atoms with Gasteiger partial charge in [-0.2, -0.15) is 0 Å². The first-order chi connectivity index (χ1) is 7.69. The monoisotopic (exact) mass is 237 g/mol. The second kappa shape index (κ2) is 4.80. The van der Waals surface area contributed by atoms with Crippen LogP contribution in [0, 0.1) is 6.92 Å². The molecule has 1 aromatic carbocycles. The van der Waals surface area contributed by atoms with Crippen LogP contribution in [0.25, 0.3) is 10.2 Å². The third kappa shape index (κ3) is 2.51. The Hall–Kier alpha value is -1.13. The summed E-state index contributed by atoms with van der Waals surface area (Å²) in [5.41, 5.74) is 1.01. The van der Waals surface area contributed by atoms with Crippen LogP contribution < -0.4 is 4.74 Å². The van der Waals surface area contributed by atoms with E-state index in [1.165, 1.54) is 0 Å². The quantitative estimate of drug-likeness (QED) is 0.889. The molecule has 0 amide bonds. The van der Waals surface area contributed by atoms with Crippen molar-refractivity contribution in [1.29, 1.82) is 0 Å². The summed E-state index contributed by atoms with van der Waals surface area (Å²) in [4.78, 5) is 4.38. The zero-order valence-corrected chi connectivity index (χ0v) is 10.3. The van der Waals surface area contributed by atoms with Crippen LogP contribution in [0.15, 0.2) is 18.2 Å². The van der Waals surface area contributed by atoms with Crippen LogP contribution in [0.5, 0.6) is 5.75 Å². The smallest absolute Gasteiger partial charge is 0.121 e. The van der Waals surface area contributed by atoms with Gasteiger partial charge < -0.3 is 9.84 Å². The number of benzene rings is 1. The highest BCUT2D eigenvalue weighted by atomic mass is 32.1. The number of ether oxygens (including phenoxy) is 1. The van der Waals surface area contributed by atoms with E-state index in [1.807, 2.05) is 32.0 Å². The summed E-state index contributed by atoms with van der Waals surface area (Å²) in [7, 11) is 0. The fraction of sp³-hybridized carbons (Fsp3) is 0.417. The molecule has 0 saturated carbocycles. The maximum atomic E-state index is 9.40. The van der Waals surface area contributed by atoms with Gasteiger partial charge in [-0.25, -0.2) is 4.98 Å². The highest BCUT2D eigenvalue weighted by molar-refractivity contribution is 7.18. The second-order valence-corrected chi connectivity index (χ2v) is 4.97. The van der Waals surface area contributed by atoms with Gasteiger partial charge in [-0.1, -0.05) is 6.92 Å². The first kappa shape index (κ1) is 11.4. The number of hydrogen-bond acceptors (Lipinski definition) is 4. The van der Waals surface area contributed by atoms with E-state index in [0.717, 1.165) is 21.0 Å². The highest BCUT2D eigenvalue weighted by Gasteiger charge is 2.04. The minimum absolute atomic E-state index is 0.347. The number of aliphatic hydroxyl groups excluding tert-OH is 1. The van der Waals surface area contributed by atoms with E-state index in [1.54, 1.807) is 11.3 Å². The Morgan fingerprint density at radius 1 is 1.50 bits per heavy atom. The Labute approximate surface area is 98.7 Å². The standard InChI is InChI=1S/C12H15NO2S/c1-3-9(14)7-15-10-4-5-11-12(6-10)16-8(2)13-11/h4-6,9,14H,3,7H2,1-2H3. The van der Waals surface area contributed by atoms with Crippen molar-refractivity contribution in [3.05, 3.63) is 23.2 Å². The molecule has 1 unspecified atom stereocenters. The van der Waals surface area contributed by atoms with E-state index >= 15 is 0 Å². The Morgan fingerprint density at radius 2 is 2.31 bits per heavy atom. The molecule has 2 rings (SSSR count). The number of aryl methyl sites for hydroxylation is 1. The van der Waals surface area contributed by atoms with Crippen molar-refractivity contribution in [2.45, 2.75) is 26.4 Å². The summed E-state index contributed by atoms with van der Waals surface area (Å²) in [6.45, 7) is 4.27. The lowest BCUT2D eigenvalue weighted by atomic mass is 10.3. The van der Waals surface area contributed by atoms with Crippen molar-refractivity contribution in [2.75, 3.05) is 6.61 Å². The van der Waals surface area contributed by atoms with Crippen molar-refractivity contribution in [3.8, 4) is 5.75 Å². The van der Waals surface area contributed by atoms with E-state index in [9.17, 15) is 5.11 Å². The molecular weight excluding hydrogens is 222 g/mol. The lowest BCUT2D eigenvalue weighted by Crippen LogP contribution is -2.15. The van der Waals surface area contributed by atoms with E-state index in [4.69, 9.17) is 4.74 Å². The lowest BCUT2D eigenvalue weighted by molar-refractivity contribution is 0.104. The number of aliphatic hydroxyl groups is 1. The molecule has 2 aromatic rings. The summed E-state index contributed by atoms with van der Waals surface area (Å²) in [5, 5.41) is 10.5. The number of fused-ring (bicyclic) bond motifs is 1. The first-order valence-corrected chi connectivity index (χ1v) is 6.18. The van der Waals surface area contributed by atoms with E-state index in [2.05, 4.69) is 4.98 Å². The fourth-order valence-corrected chi connectivity index (χ4v) is 2.28. The van der Waals surface area contributed by atoms with Crippen LogP contribution in [0.1, 0.15) is 18.4 Å². The molecule has 0 aliphatic carbocycles. The summed E-state index contributed by atoms with van der Waals surface area (Å²) in [6.07, 6.45) is 0.320. The largest absolute Gasteiger partial charge is 0.491 e. The number of hydrogen-bond donors (Lipinski definition) is 1. The van der Waals surface area contributed by atoms with Crippen LogP contribution in [0.2, 0.25) is 0 Å². The Bertz CT molecular complexity index is 481. The minimum atomic E-state index is -0.390. The van der Waals surface area contributed by atoms with E-state index in [0.29, 0.717) is 13.0 Å². The van der Waals surface area contributed by atoms with Crippen molar-refractivity contribution < 1.29 is 9.84 Å². The van der Waals surface area contributed by atoms with Crippen molar-refractivity contribution in [2.24, 2.45) is 0 Å². The van der Waals surface area contributed by atoms with Crippen molar-refractivity contribution in [3.63, 3.8) is 0 Å². The molecule has 0 spiro atoms. The first-order valence-electron chi connectivity index (χ1n) is 5.37. The lowest BCUT2D eigenvalue weighted by Gasteiger charge is -2.09. The molecule has 0 fully saturated rings. The molecule has 1 aromatic heterocycles. The van der Waals surface area contributed by atoms with Gasteiger partial charge >= 0.3 is 0 Å².